The van der Waals surface area contributed by atoms with Crippen LogP contribution >= 0.6 is 11.3 Å². The molecule has 1 aromatic rings. The molecule has 0 bridgehead atoms. The first-order chi connectivity index (χ1) is 7.25. The first kappa shape index (κ1) is 10.6. The number of carboxylic acid groups (broad SMARTS) is 1. The van der Waals surface area contributed by atoms with Crippen LogP contribution in [0.5, 0.6) is 0 Å². The summed E-state index contributed by atoms with van der Waals surface area (Å²) >= 11 is 1.70. The van der Waals surface area contributed by atoms with Gasteiger partial charge in [-0.1, -0.05) is 0 Å². The van der Waals surface area contributed by atoms with E-state index in [0.717, 1.165) is 6.54 Å². The monoisotopic (exact) mass is 225 g/mol. The van der Waals surface area contributed by atoms with Crippen LogP contribution in [0.15, 0.2) is 16.8 Å². The molecule has 1 aromatic heterocycles. The van der Waals surface area contributed by atoms with Gasteiger partial charge in [-0.3, -0.25) is 9.69 Å². The number of rotatable bonds is 6. The summed E-state index contributed by atoms with van der Waals surface area (Å²) in [6.45, 7) is 1.58. The average molecular weight is 225 g/mol. The predicted molar refractivity (Wildman–Crippen MR) is 60.0 cm³/mol. The molecule has 4 heteroatoms. The molecule has 0 aliphatic heterocycles. The minimum absolute atomic E-state index is 0.251. The van der Waals surface area contributed by atoms with Gasteiger partial charge in [-0.25, -0.2) is 0 Å². The lowest BCUT2D eigenvalue weighted by Gasteiger charge is -2.20. The second-order valence-electron chi connectivity index (χ2n) is 3.98. The minimum atomic E-state index is -0.703. The van der Waals surface area contributed by atoms with Crippen LogP contribution in [0.2, 0.25) is 0 Å². The molecular weight excluding hydrogens is 210 g/mol. The predicted octanol–water partition coefficient (Wildman–Crippen LogP) is 2.19. The largest absolute Gasteiger partial charge is 0.481 e. The number of hydrogen-bond acceptors (Lipinski definition) is 3. The Bertz CT molecular complexity index is 319. The summed E-state index contributed by atoms with van der Waals surface area (Å²) in [4.78, 5) is 12.8. The van der Waals surface area contributed by atoms with Crippen LogP contribution in [-0.4, -0.2) is 28.6 Å². The van der Waals surface area contributed by atoms with Gasteiger partial charge < -0.3 is 5.11 Å². The number of nitrogens with zero attached hydrogens (tertiary/aromatic N) is 1. The molecule has 1 aliphatic carbocycles. The third-order valence-corrected chi connectivity index (χ3v) is 3.37. The van der Waals surface area contributed by atoms with Gasteiger partial charge in [0.25, 0.3) is 0 Å². The summed E-state index contributed by atoms with van der Waals surface area (Å²) in [5.74, 6) is -0.703. The van der Waals surface area contributed by atoms with Crippen molar-refractivity contribution in [2.45, 2.75) is 31.8 Å². The van der Waals surface area contributed by atoms with Gasteiger partial charge in [-0.15, -0.1) is 0 Å². The fourth-order valence-electron chi connectivity index (χ4n) is 1.69. The van der Waals surface area contributed by atoms with Crippen molar-refractivity contribution < 1.29 is 9.90 Å². The van der Waals surface area contributed by atoms with E-state index in [0.29, 0.717) is 12.6 Å². The Morgan fingerprint density at radius 2 is 2.40 bits per heavy atom. The highest BCUT2D eigenvalue weighted by Crippen LogP contribution is 2.28. The van der Waals surface area contributed by atoms with Crippen LogP contribution in [0, 0.1) is 0 Å². The van der Waals surface area contributed by atoms with Gasteiger partial charge in [-0.2, -0.15) is 11.3 Å². The Morgan fingerprint density at radius 3 is 2.93 bits per heavy atom. The molecule has 0 saturated heterocycles. The van der Waals surface area contributed by atoms with Gasteiger partial charge in [0.2, 0.25) is 0 Å². The molecule has 0 atom stereocenters. The maximum atomic E-state index is 10.5. The van der Waals surface area contributed by atoms with E-state index in [1.807, 2.05) is 0 Å². The third kappa shape index (κ3) is 3.32. The fraction of sp³-hybridized carbons (Fsp3) is 0.545. The molecule has 0 unspecified atom stereocenters. The smallest absolute Gasteiger partial charge is 0.304 e. The summed E-state index contributed by atoms with van der Waals surface area (Å²) in [6, 6.07) is 2.74. The lowest BCUT2D eigenvalue weighted by atomic mass is 10.3. The molecule has 0 aromatic carbocycles. The topological polar surface area (TPSA) is 40.5 Å². The van der Waals surface area contributed by atoms with Crippen LogP contribution in [0.3, 0.4) is 0 Å². The second kappa shape index (κ2) is 4.77. The van der Waals surface area contributed by atoms with E-state index < -0.39 is 5.97 Å². The summed E-state index contributed by atoms with van der Waals surface area (Å²) in [7, 11) is 0. The summed E-state index contributed by atoms with van der Waals surface area (Å²) in [6.07, 6.45) is 2.70. The van der Waals surface area contributed by atoms with Crippen molar-refractivity contribution >= 4 is 17.3 Å². The van der Waals surface area contributed by atoms with Crippen molar-refractivity contribution in [3.63, 3.8) is 0 Å². The number of hydrogen-bond donors (Lipinski definition) is 1. The number of carboxylic acids is 1. The molecule has 1 aliphatic rings. The number of thiophene rings is 1. The maximum Gasteiger partial charge on any atom is 0.304 e. The van der Waals surface area contributed by atoms with Crippen LogP contribution < -0.4 is 0 Å². The van der Waals surface area contributed by atoms with Crippen molar-refractivity contribution in [3.05, 3.63) is 22.4 Å². The zero-order valence-electron chi connectivity index (χ0n) is 8.56. The van der Waals surface area contributed by atoms with Gasteiger partial charge in [0.15, 0.2) is 0 Å². The molecule has 82 valence electrons. The highest BCUT2D eigenvalue weighted by Gasteiger charge is 2.28. The Labute approximate surface area is 93.3 Å². The zero-order chi connectivity index (χ0) is 10.7. The molecule has 0 amide bonds. The van der Waals surface area contributed by atoms with E-state index >= 15 is 0 Å². The van der Waals surface area contributed by atoms with E-state index in [-0.39, 0.29) is 6.42 Å². The Kier molecular flexibility index (Phi) is 3.38. The van der Waals surface area contributed by atoms with Gasteiger partial charge in [0, 0.05) is 19.1 Å². The third-order valence-electron chi connectivity index (χ3n) is 2.64. The SMILES string of the molecule is O=C(O)CCN(Cc1ccsc1)C1CC1. The molecule has 1 heterocycles. The lowest BCUT2D eigenvalue weighted by Crippen LogP contribution is -2.27. The van der Waals surface area contributed by atoms with Crippen LogP contribution in [-0.2, 0) is 11.3 Å². The lowest BCUT2D eigenvalue weighted by molar-refractivity contribution is -0.137. The molecule has 1 N–H and O–H groups in total. The zero-order valence-corrected chi connectivity index (χ0v) is 9.37. The molecule has 15 heavy (non-hydrogen) atoms. The van der Waals surface area contributed by atoms with Crippen molar-refractivity contribution in [1.29, 1.82) is 0 Å². The summed E-state index contributed by atoms with van der Waals surface area (Å²) in [5, 5.41) is 12.9. The normalized spacial score (nSPS) is 15.8. The second-order valence-corrected chi connectivity index (χ2v) is 4.76. The van der Waals surface area contributed by atoms with Crippen LogP contribution in [0.1, 0.15) is 24.8 Å². The Morgan fingerprint density at radius 1 is 1.60 bits per heavy atom. The number of aliphatic carboxylic acids is 1. The quantitative estimate of drug-likeness (QED) is 0.806. The molecule has 2 rings (SSSR count). The Hall–Kier alpha value is -0.870. The first-order valence-electron chi connectivity index (χ1n) is 5.22. The van der Waals surface area contributed by atoms with Crippen LogP contribution in [0.4, 0.5) is 0 Å². The highest BCUT2D eigenvalue weighted by molar-refractivity contribution is 7.07. The first-order valence-corrected chi connectivity index (χ1v) is 6.17. The van der Waals surface area contributed by atoms with E-state index in [2.05, 4.69) is 21.7 Å². The van der Waals surface area contributed by atoms with Crippen molar-refractivity contribution in [3.8, 4) is 0 Å². The van der Waals surface area contributed by atoms with Gasteiger partial charge >= 0.3 is 5.97 Å². The number of carbonyl (C=O) groups is 1. The van der Waals surface area contributed by atoms with Crippen LogP contribution in [0.25, 0.3) is 0 Å². The van der Waals surface area contributed by atoms with E-state index in [4.69, 9.17) is 5.11 Å². The standard InChI is InChI=1S/C11H15NO2S/c13-11(14)3-5-12(10-1-2-10)7-9-4-6-15-8-9/h4,6,8,10H,1-3,5,7H2,(H,13,14). The molecule has 3 nitrogen and oxygen atoms in total. The van der Waals surface area contributed by atoms with Gasteiger partial charge in [0.05, 0.1) is 6.42 Å². The Balaban J connectivity index is 1.86. The van der Waals surface area contributed by atoms with Crippen molar-refractivity contribution in [2.24, 2.45) is 0 Å². The van der Waals surface area contributed by atoms with Crippen molar-refractivity contribution in [2.75, 3.05) is 6.54 Å². The molecule has 0 spiro atoms. The van der Waals surface area contributed by atoms with Crippen molar-refractivity contribution in [1.82, 2.24) is 4.90 Å². The fourth-order valence-corrected chi connectivity index (χ4v) is 2.35. The molecule has 1 saturated carbocycles. The average Bonchev–Trinajstić information content (AvgIpc) is 2.91. The van der Waals surface area contributed by atoms with Gasteiger partial charge in [-0.05, 0) is 35.2 Å². The van der Waals surface area contributed by atoms with Gasteiger partial charge in [0.1, 0.15) is 0 Å². The van der Waals surface area contributed by atoms with E-state index in [9.17, 15) is 4.79 Å². The minimum Gasteiger partial charge on any atom is -0.481 e. The molecule has 1 fully saturated rings. The highest BCUT2D eigenvalue weighted by atomic mass is 32.1. The molecular formula is C11H15NO2S. The summed E-state index contributed by atoms with van der Waals surface area (Å²) < 4.78 is 0. The maximum absolute atomic E-state index is 10.5. The van der Waals surface area contributed by atoms with E-state index in [1.165, 1.54) is 18.4 Å². The summed E-state index contributed by atoms with van der Waals surface area (Å²) in [5.41, 5.74) is 1.30. The van der Waals surface area contributed by atoms with E-state index in [1.54, 1.807) is 11.3 Å². The molecule has 0 radical (unpaired) electrons.